The van der Waals surface area contributed by atoms with Crippen molar-refractivity contribution >= 4 is 29.8 Å². The van der Waals surface area contributed by atoms with Crippen molar-refractivity contribution in [3.05, 3.63) is 35.4 Å². The Morgan fingerprint density at radius 2 is 1.74 bits per heavy atom. The van der Waals surface area contributed by atoms with E-state index in [-0.39, 0.29) is 32.4 Å². The summed E-state index contributed by atoms with van der Waals surface area (Å²) in [6.45, 7) is 12.5. The molecule has 0 aliphatic rings. The Hall–Kier alpha value is -3.63. The van der Waals surface area contributed by atoms with Crippen LogP contribution in [0.4, 0.5) is 4.79 Å². The molecule has 0 fully saturated rings. The van der Waals surface area contributed by atoms with E-state index < -0.39 is 53.5 Å². The molecule has 4 amide bonds. The Labute approximate surface area is 231 Å². The van der Waals surface area contributed by atoms with Gasteiger partial charge in [0.05, 0.1) is 13.0 Å². The van der Waals surface area contributed by atoms with Crippen LogP contribution in [0.3, 0.4) is 0 Å². The quantitative estimate of drug-likeness (QED) is 0.302. The number of alkyl carbamates (subject to hydrolysis) is 1. The Morgan fingerprint density at radius 3 is 2.28 bits per heavy atom. The minimum atomic E-state index is -1.18. The molecule has 11 nitrogen and oxygen atoms in total. The lowest BCUT2D eigenvalue weighted by atomic mass is 9.97. The number of carbonyl (C=O) groups is 5. The minimum absolute atomic E-state index is 0.0176. The van der Waals surface area contributed by atoms with Gasteiger partial charge in [0.15, 0.2) is 0 Å². The second-order valence-electron chi connectivity index (χ2n) is 10.4. The first-order valence-electron chi connectivity index (χ1n) is 13.3. The first kappa shape index (κ1) is 33.4. The highest BCUT2D eigenvalue weighted by Gasteiger charge is 2.38. The van der Waals surface area contributed by atoms with Gasteiger partial charge >= 0.3 is 12.1 Å². The smallest absolute Gasteiger partial charge is 0.408 e. The van der Waals surface area contributed by atoms with Crippen LogP contribution in [-0.4, -0.2) is 65.5 Å². The van der Waals surface area contributed by atoms with Crippen LogP contribution in [-0.2, 0) is 28.7 Å². The molecular weight excluding hydrogens is 504 g/mol. The Bertz CT molecular complexity index is 1010. The lowest BCUT2D eigenvalue weighted by Gasteiger charge is -2.38. The van der Waals surface area contributed by atoms with Crippen LogP contribution in [0.2, 0.25) is 0 Å². The maximum atomic E-state index is 14.1. The van der Waals surface area contributed by atoms with E-state index in [4.69, 9.17) is 15.2 Å². The molecule has 218 valence electrons. The number of aryl methyl sites for hydroxylation is 1. The number of hydrogen-bond acceptors (Lipinski definition) is 7. The largest absolute Gasteiger partial charge is 0.466 e. The minimum Gasteiger partial charge on any atom is -0.466 e. The zero-order chi connectivity index (χ0) is 29.8. The number of benzene rings is 1. The summed E-state index contributed by atoms with van der Waals surface area (Å²) in [6.07, 6.45) is -0.606. The highest BCUT2D eigenvalue weighted by Crippen LogP contribution is 2.27. The zero-order valence-electron chi connectivity index (χ0n) is 24.2. The topological polar surface area (TPSA) is 157 Å². The molecule has 0 heterocycles. The van der Waals surface area contributed by atoms with Crippen molar-refractivity contribution in [2.24, 2.45) is 5.73 Å². The maximum Gasteiger partial charge on any atom is 0.408 e. The molecule has 0 spiro atoms. The molecular formula is C28H44N4O7. The first-order chi connectivity index (χ1) is 18.2. The number of carbonyl (C=O) groups excluding carboxylic acids is 5. The van der Waals surface area contributed by atoms with Gasteiger partial charge in [-0.2, -0.15) is 0 Å². The highest BCUT2D eigenvalue weighted by atomic mass is 16.6. The first-order valence-corrected chi connectivity index (χ1v) is 13.3. The fourth-order valence-electron chi connectivity index (χ4n) is 3.87. The molecule has 0 saturated carbocycles. The molecule has 0 radical (unpaired) electrons. The average Bonchev–Trinajstić information content (AvgIpc) is 2.82. The number of nitrogens with one attached hydrogen (secondary N) is 2. The second-order valence-corrected chi connectivity index (χ2v) is 10.4. The van der Waals surface area contributed by atoms with E-state index in [0.717, 1.165) is 5.56 Å². The summed E-state index contributed by atoms with van der Waals surface area (Å²) in [5, 5.41) is 5.31. The van der Waals surface area contributed by atoms with Gasteiger partial charge in [0.25, 0.3) is 0 Å². The van der Waals surface area contributed by atoms with Gasteiger partial charge in [0.1, 0.15) is 17.7 Å². The summed E-state index contributed by atoms with van der Waals surface area (Å²) in [5.74, 6) is -2.15. The van der Waals surface area contributed by atoms with Gasteiger partial charge in [0.2, 0.25) is 17.7 Å². The third-order valence-corrected chi connectivity index (χ3v) is 5.81. The van der Waals surface area contributed by atoms with E-state index in [1.165, 1.54) is 4.90 Å². The van der Waals surface area contributed by atoms with Crippen LogP contribution in [0.25, 0.3) is 0 Å². The summed E-state index contributed by atoms with van der Waals surface area (Å²) in [5.41, 5.74) is 5.96. The van der Waals surface area contributed by atoms with Crippen LogP contribution in [0.1, 0.15) is 84.4 Å². The molecule has 0 bridgehead atoms. The Morgan fingerprint density at radius 1 is 1.08 bits per heavy atom. The number of hydrogen-bond donors (Lipinski definition) is 3. The van der Waals surface area contributed by atoms with Crippen LogP contribution in [0, 0.1) is 6.92 Å². The number of nitrogens with two attached hydrogens (primary N) is 1. The van der Waals surface area contributed by atoms with E-state index in [1.54, 1.807) is 52.8 Å². The van der Waals surface area contributed by atoms with Crippen LogP contribution >= 0.6 is 0 Å². The number of rotatable bonds is 14. The Balaban J connectivity index is 3.46. The third-order valence-electron chi connectivity index (χ3n) is 5.81. The lowest BCUT2D eigenvalue weighted by molar-refractivity contribution is -0.146. The van der Waals surface area contributed by atoms with E-state index in [1.807, 2.05) is 19.9 Å². The SMILES string of the molecule is CCOC(=O)CCNC(=O)C(c1cccc(C)c1)N(C(=O)C(CCC(N)=O)NC(=O)OC(C)(C)C)C(C)CC. The standard InChI is InChI=1S/C28H44N4O7/c1-8-19(4)32(26(36)21(13-14-22(29)33)31-27(37)39-28(5,6)7)24(20-12-10-11-18(3)17-20)25(35)30-16-15-23(34)38-9-2/h10-12,17,19,21,24H,8-9,13-16H2,1-7H3,(H2,29,33)(H,30,35)(H,31,37). The molecule has 4 N–H and O–H groups in total. The average molecular weight is 549 g/mol. The highest BCUT2D eigenvalue weighted by molar-refractivity contribution is 5.92. The van der Waals surface area contributed by atoms with Gasteiger partial charge in [0, 0.05) is 19.0 Å². The van der Waals surface area contributed by atoms with E-state index >= 15 is 0 Å². The van der Waals surface area contributed by atoms with Crippen molar-refractivity contribution in [1.82, 2.24) is 15.5 Å². The summed E-state index contributed by atoms with van der Waals surface area (Å²) in [4.78, 5) is 65.1. The molecule has 0 aliphatic carbocycles. The fourth-order valence-corrected chi connectivity index (χ4v) is 3.87. The van der Waals surface area contributed by atoms with Gasteiger partial charge in [-0.25, -0.2) is 4.79 Å². The van der Waals surface area contributed by atoms with Crippen molar-refractivity contribution < 1.29 is 33.4 Å². The van der Waals surface area contributed by atoms with Crippen LogP contribution in [0.5, 0.6) is 0 Å². The molecule has 1 aromatic carbocycles. The monoisotopic (exact) mass is 548 g/mol. The Kier molecular flexibility index (Phi) is 13.4. The zero-order valence-corrected chi connectivity index (χ0v) is 24.2. The van der Waals surface area contributed by atoms with Crippen molar-refractivity contribution in [2.45, 2.75) is 97.9 Å². The van der Waals surface area contributed by atoms with Crippen molar-refractivity contribution in [3.63, 3.8) is 0 Å². The van der Waals surface area contributed by atoms with Crippen LogP contribution in [0.15, 0.2) is 24.3 Å². The normalized spacial score (nSPS) is 13.4. The van der Waals surface area contributed by atoms with Gasteiger partial charge in [-0.05, 0) is 59.9 Å². The van der Waals surface area contributed by atoms with E-state index in [2.05, 4.69) is 10.6 Å². The van der Waals surface area contributed by atoms with E-state index in [0.29, 0.717) is 12.0 Å². The summed E-state index contributed by atoms with van der Waals surface area (Å²) in [7, 11) is 0. The molecule has 0 saturated heterocycles. The third kappa shape index (κ3) is 11.7. The molecule has 0 aliphatic heterocycles. The van der Waals surface area contributed by atoms with Crippen molar-refractivity contribution in [1.29, 1.82) is 0 Å². The summed E-state index contributed by atoms with van der Waals surface area (Å²) in [6, 6.07) is 4.51. The molecule has 0 aromatic heterocycles. The molecule has 1 rings (SSSR count). The molecule has 11 heteroatoms. The van der Waals surface area contributed by atoms with Crippen LogP contribution < -0.4 is 16.4 Å². The fraction of sp³-hybridized carbons (Fsp3) is 0.607. The predicted octanol–water partition coefficient (Wildman–Crippen LogP) is 2.89. The molecule has 1 aromatic rings. The van der Waals surface area contributed by atoms with Gasteiger partial charge < -0.3 is 30.7 Å². The van der Waals surface area contributed by atoms with Crippen molar-refractivity contribution in [3.8, 4) is 0 Å². The van der Waals surface area contributed by atoms with E-state index in [9.17, 15) is 24.0 Å². The van der Waals surface area contributed by atoms with Crippen molar-refractivity contribution in [2.75, 3.05) is 13.2 Å². The maximum absolute atomic E-state index is 14.1. The number of ether oxygens (including phenoxy) is 2. The lowest BCUT2D eigenvalue weighted by Crippen LogP contribution is -2.55. The van der Waals surface area contributed by atoms with Gasteiger partial charge in [-0.15, -0.1) is 0 Å². The summed E-state index contributed by atoms with van der Waals surface area (Å²) < 4.78 is 10.3. The number of primary amides is 1. The summed E-state index contributed by atoms with van der Waals surface area (Å²) >= 11 is 0. The second kappa shape index (κ2) is 15.7. The van der Waals surface area contributed by atoms with Gasteiger partial charge in [-0.1, -0.05) is 36.8 Å². The molecule has 3 unspecified atom stereocenters. The number of amides is 4. The molecule has 39 heavy (non-hydrogen) atoms. The number of esters is 1. The predicted molar refractivity (Wildman–Crippen MR) is 146 cm³/mol. The number of nitrogens with zero attached hydrogens (tertiary/aromatic N) is 1. The molecule has 3 atom stereocenters. The van der Waals surface area contributed by atoms with Gasteiger partial charge in [-0.3, -0.25) is 19.2 Å².